The minimum atomic E-state index is -0.902. The third-order valence-electron chi connectivity index (χ3n) is 5.88. The average Bonchev–Trinajstić information content (AvgIpc) is 3.32. The second-order valence-electron chi connectivity index (χ2n) is 8.41. The predicted molar refractivity (Wildman–Crippen MR) is 135 cm³/mol. The van der Waals surface area contributed by atoms with E-state index in [-0.39, 0.29) is 25.0 Å². The number of nitrogens with zero attached hydrogens (tertiary/aromatic N) is 5. The lowest BCUT2D eigenvalue weighted by Crippen LogP contribution is -2.20. The number of aliphatic hydroxyl groups is 2. The number of amides is 1. The summed E-state index contributed by atoms with van der Waals surface area (Å²) in [6.45, 7) is 2.47. The number of ether oxygens (including phenoxy) is 1. The van der Waals surface area contributed by atoms with Gasteiger partial charge < -0.3 is 25.6 Å². The third kappa shape index (κ3) is 5.42. The van der Waals surface area contributed by atoms with E-state index < -0.39 is 6.10 Å². The molecule has 2 unspecified atom stereocenters. The summed E-state index contributed by atoms with van der Waals surface area (Å²) < 4.78 is 7.08. The highest BCUT2D eigenvalue weighted by Gasteiger charge is 2.15. The monoisotopic (exact) mass is 491 g/mol. The van der Waals surface area contributed by atoms with Crippen LogP contribution in [0.5, 0.6) is 5.75 Å². The van der Waals surface area contributed by atoms with Gasteiger partial charge in [-0.2, -0.15) is 5.10 Å². The van der Waals surface area contributed by atoms with E-state index in [1.807, 2.05) is 18.2 Å². The Labute approximate surface area is 208 Å². The number of nitrogens with one attached hydrogen (secondary N) is 2. The van der Waals surface area contributed by atoms with Crippen molar-refractivity contribution >= 4 is 22.8 Å². The Morgan fingerprint density at radius 3 is 2.75 bits per heavy atom. The van der Waals surface area contributed by atoms with Crippen LogP contribution in [-0.2, 0) is 6.54 Å². The zero-order valence-corrected chi connectivity index (χ0v) is 20.3. The number of aliphatic hydroxyl groups excluding tert-OH is 2. The number of aromatic nitrogens is 5. The normalized spacial score (nSPS) is 12.8. The molecular weight excluding hydrogens is 462 g/mol. The Hall–Kier alpha value is -4.09. The highest BCUT2D eigenvalue weighted by Crippen LogP contribution is 2.28. The minimum Gasteiger partial charge on any atom is -0.496 e. The van der Waals surface area contributed by atoms with E-state index in [9.17, 15) is 9.90 Å². The molecule has 0 fully saturated rings. The maximum atomic E-state index is 11.9. The maximum Gasteiger partial charge on any atom is 0.251 e. The van der Waals surface area contributed by atoms with Crippen molar-refractivity contribution in [3.05, 3.63) is 60.2 Å². The first-order chi connectivity index (χ1) is 17.4. The molecule has 0 bridgehead atoms. The number of carbonyl (C=O) groups excluding carboxylic acids is 1. The van der Waals surface area contributed by atoms with E-state index in [1.54, 1.807) is 43.4 Å². The lowest BCUT2D eigenvalue weighted by molar-refractivity contribution is 0.0792. The largest absolute Gasteiger partial charge is 0.496 e. The molecule has 1 aromatic carbocycles. The van der Waals surface area contributed by atoms with Crippen molar-refractivity contribution in [2.24, 2.45) is 0 Å². The van der Waals surface area contributed by atoms with E-state index in [0.29, 0.717) is 35.0 Å². The number of hydrogen-bond donors (Lipinski definition) is 4. The number of fused-ring (bicyclic) bond motifs is 1. The van der Waals surface area contributed by atoms with Gasteiger partial charge in [0.2, 0.25) is 0 Å². The Balaban J connectivity index is 1.48. The SMILES string of the molecule is CNC(=O)c1ccc(C(C)CNc2cc(-c3cnc4c(cnn4CC(O)CO)c3)ncn2)c(OC)c1. The van der Waals surface area contributed by atoms with Crippen LogP contribution in [0.3, 0.4) is 0 Å². The van der Waals surface area contributed by atoms with Crippen molar-refractivity contribution in [2.75, 3.05) is 32.6 Å². The molecule has 11 heteroatoms. The molecule has 2 atom stereocenters. The fourth-order valence-corrected chi connectivity index (χ4v) is 3.89. The van der Waals surface area contributed by atoms with Crippen molar-refractivity contribution in [1.29, 1.82) is 0 Å². The van der Waals surface area contributed by atoms with Crippen LogP contribution in [0.2, 0.25) is 0 Å². The van der Waals surface area contributed by atoms with Crippen LogP contribution in [0.25, 0.3) is 22.3 Å². The second-order valence-corrected chi connectivity index (χ2v) is 8.41. The van der Waals surface area contributed by atoms with Crippen molar-refractivity contribution in [1.82, 2.24) is 30.0 Å². The maximum absolute atomic E-state index is 11.9. The molecule has 0 saturated heterocycles. The van der Waals surface area contributed by atoms with Gasteiger partial charge in [-0.3, -0.25) is 4.79 Å². The summed E-state index contributed by atoms with van der Waals surface area (Å²) >= 11 is 0. The standard InChI is InChI=1S/C25H29N7O4/c1-15(20-5-4-16(25(35)26-2)7-22(20)36-3)9-27-23-8-21(29-14-30-23)17-6-18-11-31-32(12-19(34)13-33)24(18)28-10-17/h4-8,10-11,14-15,19,33-34H,9,12-13H2,1-3H3,(H,26,35)(H,27,29,30). The number of rotatable bonds is 10. The molecule has 0 aliphatic carbocycles. The molecule has 4 rings (SSSR count). The number of hydrogen-bond acceptors (Lipinski definition) is 9. The molecule has 4 N–H and O–H groups in total. The van der Waals surface area contributed by atoms with Crippen LogP contribution in [0.4, 0.5) is 5.82 Å². The molecule has 0 radical (unpaired) electrons. The number of carbonyl (C=O) groups is 1. The molecule has 4 aromatic rings. The van der Waals surface area contributed by atoms with Gasteiger partial charge >= 0.3 is 0 Å². The molecule has 3 heterocycles. The zero-order chi connectivity index (χ0) is 25.7. The van der Waals surface area contributed by atoms with Gasteiger partial charge in [0.05, 0.1) is 38.3 Å². The minimum absolute atomic E-state index is 0.0789. The first kappa shape index (κ1) is 25.0. The molecule has 0 spiro atoms. The summed E-state index contributed by atoms with van der Waals surface area (Å²) in [5.74, 6) is 1.23. The topological polar surface area (TPSA) is 147 Å². The Kier molecular flexibility index (Phi) is 7.71. The van der Waals surface area contributed by atoms with Gasteiger partial charge in [-0.05, 0) is 23.8 Å². The molecule has 188 valence electrons. The lowest BCUT2D eigenvalue weighted by Gasteiger charge is -2.17. The molecule has 36 heavy (non-hydrogen) atoms. The first-order valence-corrected chi connectivity index (χ1v) is 11.5. The average molecular weight is 492 g/mol. The summed E-state index contributed by atoms with van der Waals surface area (Å²) in [7, 11) is 3.18. The summed E-state index contributed by atoms with van der Waals surface area (Å²) in [4.78, 5) is 25.1. The number of methoxy groups -OCH3 is 1. The van der Waals surface area contributed by atoms with E-state index >= 15 is 0 Å². The quantitative estimate of drug-likeness (QED) is 0.261. The van der Waals surface area contributed by atoms with E-state index in [0.717, 1.165) is 16.5 Å². The summed E-state index contributed by atoms with van der Waals surface area (Å²) in [6, 6.07) is 9.20. The van der Waals surface area contributed by atoms with Gasteiger partial charge in [-0.25, -0.2) is 19.6 Å². The van der Waals surface area contributed by atoms with Gasteiger partial charge in [0.25, 0.3) is 5.91 Å². The first-order valence-electron chi connectivity index (χ1n) is 11.5. The number of benzene rings is 1. The summed E-state index contributed by atoms with van der Waals surface area (Å²) in [5, 5.41) is 29.8. The number of pyridine rings is 1. The van der Waals surface area contributed by atoms with Gasteiger partial charge in [0, 0.05) is 48.3 Å². The molecular formula is C25H29N7O4. The molecule has 0 saturated carbocycles. The van der Waals surface area contributed by atoms with Crippen LogP contribution >= 0.6 is 0 Å². The van der Waals surface area contributed by atoms with Crippen LogP contribution in [0.1, 0.15) is 28.8 Å². The van der Waals surface area contributed by atoms with Crippen molar-refractivity contribution in [2.45, 2.75) is 25.5 Å². The third-order valence-corrected chi connectivity index (χ3v) is 5.88. The van der Waals surface area contributed by atoms with Gasteiger partial charge in [-0.1, -0.05) is 13.0 Å². The Bertz CT molecular complexity index is 1360. The number of anilines is 1. The molecule has 0 aliphatic heterocycles. The summed E-state index contributed by atoms with van der Waals surface area (Å²) in [5.41, 5.74) is 3.63. The van der Waals surface area contributed by atoms with Crippen LogP contribution in [0.15, 0.2) is 49.1 Å². The van der Waals surface area contributed by atoms with E-state index in [4.69, 9.17) is 9.84 Å². The fraction of sp³-hybridized carbons (Fsp3) is 0.320. The highest BCUT2D eigenvalue weighted by atomic mass is 16.5. The van der Waals surface area contributed by atoms with Crippen molar-refractivity contribution in [3.63, 3.8) is 0 Å². The van der Waals surface area contributed by atoms with Crippen LogP contribution in [-0.4, -0.2) is 74.3 Å². The lowest BCUT2D eigenvalue weighted by atomic mass is 9.98. The van der Waals surface area contributed by atoms with E-state index in [2.05, 4.69) is 37.6 Å². The molecule has 11 nitrogen and oxygen atoms in total. The molecule has 0 aliphatic rings. The van der Waals surface area contributed by atoms with E-state index in [1.165, 1.54) is 6.33 Å². The Morgan fingerprint density at radius 2 is 2.00 bits per heavy atom. The van der Waals surface area contributed by atoms with Gasteiger partial charge in [0.15, 0.2) is 5.65 Å². The van der Waals surface area contributed by atoms with Crippen LogP contribution in [0, 0.1) is 0 Å². The Morgan fingerprint density at radius 1 is 1.17 bits per heavy atom. The van der Waals surface area contributed by atoms with Crippen molar-refractivity contribution in [3.8, 4) is 17.0 Å². The zero-order valence-electron chi connectivity index (χ0n) is 20.3. The van der Waals surface area contributed by atoms with Crippen LogP contribution < -0.4 is 15.4 Å². The highest BCUT2D eigenvalue weighted by molar-refractivity contribution is 5.94. The van der Waals surface area contributed by atoms with Gasteiger partial charge in [-0.15, -0.1) is 0 Å². The second kappa shape index (κ2) is 11.1. The predicted octanol–water partition coefficient (Wildman–Crippen LogP) is 1.83. The molecule has 3 aromatic heterocycles. The smallest absolute Gasteiger partial charge is 0.251 e. The summed E-state index contributed by atoms with van der Waals surface area (Å²) in [6.07, 6.45) is 3.95. The van der Waals surface area contributed by atoms with Gasteiger partial charge in [0.1, 0.15) is 17.9 Å². The fourth-order valence-electron chi connectivity index (χ4n) is 3.89. The molecule has 1 amide bonds. The van der Waals surface area contributed by atoms with Crippen molar-refractivity contribution < 1.29 is 19.7 Å².